The first-order chi connectivity index (χ1) is 11.5. The van der Waals surface area contributed by atoms with Crippen LogP contribution in [0.5, 0.6) is 0 Å². The summed E-state index contributed by atoms with van der Waals surface area (Å²) in [5.74, 6) is 0. The van der Waals surface area contributed by atoms with E-state index in [2.05, 4.69) is 5.32 Å². The number of nitrogens with one attached hydrogen (secondary N) is 1. The quantitative estimate of drug-likeness (QED) is 0.605. The fourth-order valence-corrected chi connectivity index (χ4v) is 3.26. The molecule has 0 aromatic heterocycles. The molecule has 1 aliphatic heterocycles. The van der Waals surface area contributed by atoms with Crippen LogP contribution in [0.2, 0.25) is 15.1 Å². The molecule has 4 nitrogen and oxygen atoms in total. The molecular weight excluding hydrogens is 391 g/mol. The number of thiocarbonyl (C=S) groups is 1. The minimum absolute atomic E-state index is 0.135. The average molecular weight is 402 g/mol. The van der Waals surface area contributed by atoms with E-state index in [0.29, 0.717) is 32.8 Å². The van der Waals surface area contributed by atoms with Gasteiger partial charge in [0.25, 0.3) is 5.17 Å². The van der Waals surface area contributed by atoms with Crippen LogP contribution < -0.4 is 10.8 Å². The molecule has 0 fully saturated rings. The maximum atomic E-state index is 9.80. The van der Waals surface area contributed by atoms with Gasteiger partial charge >= 0.3 is 7.12 Å². The molecule has 2 aromatic carbocycles. The van der Waals surface area contributed by atoms with Crippen molar-refractivity contribution in [3.63, 3.8) is 0 Å². The van der Waals surface area contributed by atoms with E-state index in [0.717, 1.165) is 11.1 Å². The zero-order valence-electron chi connectivity index (χ0n) is 12.2. The van der Waals surface area contributed by atoms with Crippen LogP contribution in [0.1, 0.15) is 11.1 Å². The van der Waals surface area contributed by atoms with Gasteiger partial charge in [0.2, 0.25) is 0 Å². The largest absolute Gasteiger partial charge is 0.493 e. The lowest BCUT2D eigenvalue weighted by Gasteiger charge is -2.13. The molecule has 0 atom stereocenters. The Bertz CT molecular complexity index is 806. The number of hydrogen-bond donors (Lipinski definition) is 2. The molecule has 1 aliphatic rings. The molecule has 0 unspecified atom stereocenters. The van der Waals surface area contributed by atoms with Gasteiger partial charge in [0.15, 0.2) is 0 Å². The van der Waals surface area contributed by atoms with Gasteiger partial charge in [0, 0.05) is 21.1 Å². The Balaban J connectivity index is 1.66. The predicted molar refractivity (Wildman–Crippen MR) is 101 cm³/mol. The number of ether oxygens (including phenoxy) is 1. The number of benzene rings is 2. The normalized spacial score (nSPS) is 12.9. The van der Waals surface area contributed by atoms with E-state index in [-0.39, 0.29) is 11.8 Å². The maximum Gasteiger partial charge on any atom is 0.493 e. The van der Waals surface area contributed by atoms with Crippen LogP contribution in [0.4, 0.5) is 5.69 Å². The fourth-order valence-electron chi connectivity index (χ4n) is 2.30. The monoisotopic (exact) mass is 401 g/mol. The fraction of sp³-hybridized carbons (Fsp3) is 0.133. The summed E-state index contributed by atoms with van der Waals surface area (Å²) in [6.45, 7) is 0.517. The van der Waals surface area contributed by atoms with Gasteiger partial charge in [0.05, 0.1) is 17.3 Å². The third-order valence-corrected chi connectivity index (χ3v) is 4.74. The van der Waals surface area contributed by atoms with Crippen LogP contribution in [-0.4, -0.2) is 17.3 Å². The Morgan fingerprint density at radius 1 is 1.29 bits per heavy atom. The summed E-state index contributed by atoms with van der Waals surface area (Å²) in [5, 5.41) is 14.2. The third-order valence-electron chi connectivity index (χ3n) is 3.52. The summed E-state index contributed by atoms with van der Waals surface area (Å²) in [5.41, 5.74) is 2.68. The minimum Gasteiger partial charge on any atom is -0.466 e. The zero-order chi connectivity index (χ0) is 17.3. The lowest BCUT2D eigenvalue weighted by atomic mass is 9.79. The second-order valence-corrected chi connectivity index (χ2v) is 6.69. The predicted octanol–water partition coefficient (Wildman–Crippen LogP) is 3.78. The van der Waals surface area contributed by atoms with E-state index in [4.69, 9.17) is 56.4 Å². The first kappa shape index (κ1) is 17.8. The first-order valence-electron chi connectivity index (χ1n) is 6.94. The highest BCUT2D eigenvalue weighted by molar-refractivity contribution is 7.80. The number of fused-ring (bicyclic) bond motifs is 1. The highest BCUT2D eigenvalue weighted by Crippen LogP contribution is 2.26. The molecule has 0 radical (unpaired) electrons. The van der Waals surface area contributed by atoms with Gasteiger partial charge in [-0.3, -0.25) is 0 Å². The molecular formula is C15H11BCl3NO3S. The average Bonchev–Trinajstić information content (AvgIpc) is 2.91. The Morgan fingerprint density at radius 2 is 2.08 bits per heavy atom. The highest BCUT2D eigenvalue weighted by atomic mass is 35.5. The van der Waals surface area contributed by atoms with Crippen molar-refractivity contribution in [2.45, 2.75) is 13.2 Å². The van der Waals surface area contributed by atoms with Crippen molar-refractivity contribution in [3.05, 3.63) is 56.5 Å². The van der Waals surface area contributed by atoms with Gasteiger partial charge in [-0.1, -0.05) is 46.9 Å². The first-order valence-corrected chi connectivity index (χ1v) is 8.48. The maximum absolute atomic E-state index is 9.80. The van der Waals surface area contributed by atoms with Gasteiger partial charge < -0.3 is 19.7 Å². The summed E-state index contributed by atoms with van der Waals surface area (Å²) in [6, 6.07) is 8.70. The van der Waals surface area contributed by atoms with Crippen LogP contribution in [0.15, 0.2) is 30.3 Å². The molecule has 24 heavy (non-hydrogen) atoms. The Morgan fingerprint density at radius 3 is 2.83 bits per heavy atom. The van der Waals surface area contributed by atoms with Gasteiger partial charge in [-0.25, -0.2) is 0 Å². The van der Waals surface area contributed by atoms with Crippen molar-refractivity contribution >= 4 is 70.5 Å². The van der Waals surface area contributed by atoms with E-state index in [1.807, 2.05) is 6.07 Å². The summed E-state index contributed by atoms with van der Waals surface area (Å²) < 4.78 is 10.6. The molecule has 0 bridgehead atoms. The molecule has 0 spiro atoms. The van der Waals surface area contributed by atoms with E-state index < -0.39 is 7.12 Å². The van der Waals surface area contributed by atoms with Crippen LogP contribution in [0, 0.1) is 0 Å². The number of anilines is 1. The van der Waals surface area contributed by atoms with Crippen molar-refractivity contribution in [2.24, 2.45) is 0 Å². The molecule has 0 amide bonds. The molecule has 1 heterocycles. The number of rotatable bonds is 3. The Labute approximate surface area is 159 Å². The van der Waals surface area contributed by atoms with Crippen LogP contribution in [0.3, 0.4) is 0 Å². The number of halogens is 3. The Hall–Kier alpha value is -1.02. The summed E-state index contributed by atoms with van der Waals surface area (Å²) >= 11 is 23.4. The van der Waals surface area contributed by atoms with Gasteiger partial charge in [-0.2, -0.15) is 0 Å². The van der Waals surface area contributed by atoms with Crippen molar-refractivity contribution in [1.82, 2.24) is 0 Å². The standard InChI is InChI=1S/C15H11BCl3NO3S/c17-10-3-1-8(11(18)5-10)6-22-15(24)20-12-4-2-9-7-23-16(21)13(9)14(12)19/h1-5,21H,6-7H2,(H,20,24). The number of hydrogen-bond acceptors (Lipinski definition) is 4. The topological polar surface area (TPSA) is 50.7 Å². The molecule has 2 N–H and O–H groups in total. The molecule has 2 aromatic rings. The summed E-state index contributed by atoms with van der Waals surface area (Å²) in [4.78, 5) is 0. The SMILES string of the molecule is OB1OCc2ccc(NC(=S)OCc3ccc(Cl)cc3Cl)c(Cl)c21. The lowest BCUT2D eigenvalue weighted by Crippen LogP contribution is -2.30. The van der Waals surface area contributed by atoms with E-state index in [1.165, 1.54) is 0 Å². The smallest absolute Gasteiger partial charge is 0.466 e. The highest BCUT2D eigenvalue weighted by Gasteiger charge is 2.31. The van der Waals surface area contributed by atoms with Crippen LogP contribution in [-0.2, 0) is 22.6 Å². The zero-order valence-corrected chi connectivity index (χ0v) is 15.3. The van der Waals surface area contributed by atoms with E-state index in [9.17, 15) is 5.02 Å². The molecule has 124 valence electrons. The second-order valence-electron chi connectivity index (χ2n) is 5.10. The molecule has 0 aliphatic carbocycles. The van der Waals surface area contributed by atoms with Crippen molar-refractivity contribution in [3.8, 4) is 0 Å². The second kappa shape index (κ2) is 7.48. The minimum atomic E-state index is -1.03. The van der Waals surface area contributed by atoms with Crippen LogP contribution in [0.25, 0.3) is 0 Å². The molecule has 3 rings (SSSR count). The van der Waals surface area contributed by atoms with Crippen molar-refractivity contribution in [2.75, 3.05) is 5.32 Å². The molecule has 9 heteroatoms. The van der Waals surface area contributed by atoms with Gasteiger partial charge in [-0.05, 0) is 36.0 Å². The van der Waals surface area contributed by atoms with Crippen molar-refractivity contribution < 1.29 is 14.4 Å². The lowest BCUT2D eigenvalue weighted by molar-refractivity contribution is 0.275. The van der Waals surface area contributed by atoms with E-state index >= 15 is 0 Å². The van der Waals surface area contributed by atoms with Gasteiger partial charge in [-0.15, -0.1) is 0 Å². The summed E-state index contributed by atoms with van der Waals surface area (Å²) in [7, 11) is -1.03. The third kappa shape index (κ3) is 3.80. The van der Waals surface area contributed by atoms with Gasteiger partial charge in [0.1, 0.15) is 6.61 Å². The molecule has 0 saturated carbocycles. The summed E-state index contributed by atoms with van der Waals surface area (Å²) in [6.07, 6.45) is 0. The molecule has 0 saturated heterocycles. The Kier molecular flexibility index (Phi) is 5.54. The van der Waals surface area contributed by atoms with Crippen molar-refractivity contribution in [1.29, 1.82) is 0 Å². The van der Waals surface area contributed by atoms with Crippen LogP contribution >= 0.6 is 47.0 Å². The van der Waals surface area contributed by atoms with E-state index in [1.54, 1.807) is 24.3 Å².